The summed E-state index contributed by atoms with van der Waals surface area (Å²) in [5.74, 6) is -0.826. The summed E-state index contributed by atoms with van der Waals surface area (Å²) >= 11 is 0. The van der Waals surface area contributed by atoms with Crippen LogP contribution in [0.2, 0.25) is 0 Å². The van der Waals surface area contributed by atoms with Gasteiger partial charge in [0, 0.05) is 12.7 Å². The highest BCUT2D eigenvalue weighted by molar-refractivity contribution is 6.06. The predicted octanol–water partition coefficient (Wildman–Crippen LogP) is 5.81. The van der Waals surface area contributed by atoms with Gasteiger partial charge in [0.25, 0.3) is 5.91 Å². The minimum Gasteiger partial charge on any atom is -0.497 e. The number of esters is 1. The third-order valence-corrected chi connectivity index (χ3v) is 10.2. The normalized spacial score (nSPS) is 17.5. The van der Waals surface area contributed by atoms with Crippen LogP contribution >= 0.6 is 0 Å². The minimum absolute atomic E-state index is 0.107. The standard InChI is InChI=1S/C45H45N5O11/c1-55-24-25-58-40-39(61-45(30-12-8-5-9-13-30,31-14-18-33(56-2)19-15-31)32-16-20-34(57-3)21-17-32)35(26-59-37(53)23-22-36(51)52)60-44(40)50-28-48-38-41(46-27-47-42(38)50)49-43(54)29-10-6-4-7-11-29/h4-21,27-28,35,39-40,44H,22-26H2,1-3H3,(H,51,52)(H,46,47,49,54)/t35-,39-,40-,44-/m1/s1. The summed E-state index contributed by atoms with van der Waals surface area (Å²) < 4.78 is 44.9. The van der Waals surface area contributed by atoms with Gasteiger partial charge in [0.2, 0.25) is 0 Å². The Morgan fingerprint density at radius 1 is 0.754 bits per heavy atom. The maximum atomic E-state index is 13.2. The molecular weight excluding hydrogens is 787 g/mol. The van der Waals surface area contributed by atoms with Crippen molar-refractivity contribution in [2.75, 3.05) is 46.5 Å². The van der Waals surface area contributed by atoms with Gasteiger partial charge in [0.1, 0.15) is 48.3 Å². The van der Waals surface area contributed by atoms with E-state index in [-0.39, 0.29) is 43.5 Å². The van der Waals surface area contributed by atoms with Crippen molar-refractivity contribution in [1.82, 2.24) is 19.5 Å². The molecule has 16 nitrogen and oxygen atoms in total. The predicted molar refractivity (Wildman–Crippen MR) is 220 cm³/mol. The Labute approximate surface area is 351 Å². The second kappa shape index (κ2) is 19.6. The molecule has 2 aromatic heterocycles. The van der Waals surface area contributed by atoms with E-state index in [9.17, 15) is 19.5 Å². The molecule has 1 fully saturated rings. The highest BCUT2D eigenvalue weighted by Gasteiger charge is 2.53. The van der Waals surface area contributed by atoms with Crippen LogP contribution in [0.25, 0.3) is 11.2 Å². The fourth-order valence-corrected chi connectivity index (χ4v) is 7.24. The number of hydrogen-bond donors (Lipinski definition) is 2. The quantitative estimate of drug-likeness (QED) is 0.0565. The van der Waals surface area contributed by atoms with E-state index < -0.39 is 48.5 Å². The Kier molecular flexibility index (Phi) is 13.6. The Hall–Kier alpha value is -6.72. The molecule has 0 radical (unpaired) electrons. The number of amides is 1. The molecule has 1 aliphatic heterocycles. The molecule has 0 unspecified atom stereocenters. The van der Waals surface area contributed by atoms with Crippen LogP contribution < -0.4 is 14.8 Å². The number of methoxy groups -OCH3 is 3. The van der Waals surface area contributed by atoms with Crippen LogP contribution in [0.5, 0.6) is 11.5 Å². The van der Waals surface area contributed by atoms with Crippen LogP contribution in [0.3, 0.4) is 0 Å². The number of hydrogen-bond acceptors (Lipinski definition) is 13. The number of carbonyl (C=O) groups excluding carboxylic acids is 2. The van der Waals surface area contributed by atoms with Crippen molar-refractivity contribution in [3.63, 3.8) is 0 Å². The number of carbonyl (C=O) groups is 3. The summed E-state index contributed by atoms with van der Waals surface area (Å²) in [6, 6.07) is 33.3. The molecule has 4 atom stereocenters. The van der Waals surface area contributed by atoms with E-state index >= 15 is 0 Å². The topological polar surface area (TPSA) is 192 Å². The Morgan fingerprint density at radius 3 is 1.98 bits per heavy atom. The molecule has 4 aromatic carbocycles. The van der Waals surface area contributed by atoms with E-state index in [0.717, 1.165) is 16.7 Å². The van der Waals surface area contributed by atoms with E-state index in [2.05, 4.69) is 20.3 Å². The summed E-state index contributed by atoms with van der Waals surface area (Å²) in [6.07, 6.45) is -1.94. The van der Waals surface area contributed by atoms with Crippen LogP contribution in [0, 0.1) is 0 Å². The second-order valence-corrected chi connectivity index (χ2v) is 13.9. The monoisotopic (exact) mass is 831 g/mol. The average molecular weight is 832 g/mol. The summed E-state index contributed by atoms with van der Waals surface area (Å²) in [5, 5.41) is 12.1. The molecule has 7 rings (SSSR count). The Morgan fingerprint density at radius 2 is 1.38 bits per heavy atom. The fraction of sp³-hybridized carbons (Fsp3) is 0.289. The van der Waals surface area contributed by atoms with E-state index in [1.165, 1.54) is 12.7 Å². The number of aromatic nitrogens is 4. The van der Waals surface area contributed by atoms with Crippen molar-refractivity contribution in [3.8, 4) is 11.5 Å². The minimum atomic E-state index is -1.37. The lowest BCUT2D eigenvalue weighted by molar-refractivity contribution is -0.157. The highest BCUT2D eigenvalue weighted by atomic mass is 16.6. The van der Waals surface area contributed by atoms with E-state index in [1.54, 1.807) is 50.2 Å². The largest absolute Gasteiger partial charge is 0.497 e. The smallest absolute Gasteiger partial charge is 0.306 e. The van der Waals surface area contributed by atoms with Crippen molar-refractivity contribution in [2.45, 2.75) is 43.0 Å². The first-order valence-electron chi connectivity index (χ1n) is 19.5. The van der Waals surface area contributed by atoms with Crippen LogP contribution in [-0.4, -0.2) is 102 Å². The van der Waals surface area contributed by atoms with Crippen LogP contribution in [-0.2, 0) is 38.9 Å². The van der Waals surface area contributed by atoms with Gasteiger partial charge in [-0.15, -0.1) is 0 Å². The number of benzene rings is 4. The lowest BCUT2D eigenvalue weighted by Crippen LogP contribution is -2.46. The number of rotatable bonds is 19. The number of ether oxygens (including phenoxy) is 7. The fourth-order valence-electron chi connectivity index (χ4n) is 7.24. The number of nitrogens with zero attached hydrogens (tertiary/aromatic N) is 4. The SMILES string of the molecule is COCCO[C@@H]1[C@H](OC(c2ccccc2)(c2ccc(OC)cc2)c2ccc(OC)cc2)[C@@H](COC(=O)CCC(=O)O)O[C@H]1n1cnc2c(NC(=O)c3ccccc3)ncnc21. The van der Waals surface area contributed by atoms with Crippen molar-refractivity contribution in [3.05, 3.63) is 144 Å². The van der Waals surface area contributed by atoms with Gasteiger partial charge in [-0.05, 0) is 53.1 Å². The molecule has 0 aliphatic carbocycles. The summed E-state index contributed by atoms with van der Waals surface area (Å²) in [4.78, 5) is 51.0. The van der Waals surface area contributed by atoms with Gasteiger partial charge in [-0.3, -0.25) is 19.0 Å². The molecule has 1 aliphatic rings. The van der Waals surface area contributed by atoms with Crippen LogP contribution in [0.1, 0.15) is 46.1 Å². The molecule has 0 spiro atoms. The second-order valence-electron chi connectivity index (χ2n) is 13.9. The summed E-state index contributed by atoms with van der Waals surface area (Å²) in [6.45, 7) is -0.0106. The third-order valence-electron chi connectivity index (χ3n) is 10.2. The Balaban J connectivity index is 1.36. The molecule has 0 saturated carbocycles. The molecule has 0 bridgehead atoms. The van der Waals surface area contributed by atoms with E-state index in [4.69, 9.17) is 33.2 Å². The van der Waals surface area contributed by atoms with Crippen molar-refractivity contribution >= 4 is 34.8 Å². The average Bonchev–Trinajstić information content (AvgIpc) is 3.88. The maximum Gasteiger partial charge on any atom is 0.306 e. The lowest BCUT2D eigenvalue weighted by atomic mass is 9.79. The van der Waals surface area contributed by atoms with Gasteiger partial charge in [-0.2, -0.15) is 0 Å². The molecule has 3 heterocycles. The van der Waals surface area contributed by atoms with Crippen molar-refractivity contribution < 1.29 is 52.6 Å². The van der Waals surface area contributed by atoms with Gasteiger partial charge in [-0.25, -0.2) is 15.0 Å². The van der Waals surface area contributed by atoms with E-state index in [0.29, 0.717) is 22.7 Å². The molecule has 1 amide bonds. The lowest BCUT2D eigenvalue weighted by Gasteiger charge is -2.40. The van der Waals surface area contributed by atoms with Crippen molar-refractivity contribution in [1.29, 1.82) is 0 Å². The Bertz CT molecular complexity index is 2350. The molecule has 6 aromatic rings. The zero-order valence-electron chi connectivity index (χ0n) is 33.7. The van der Waals surface area contributed by atoms with Crippen LogP contribution in [0.15, 0.2) is 122 Å². The highest BCUT2D eigenvalue weighted by Crippen LogP contribution is 2.47. The number of nitrogens with one attached hydrogen (secondary N) is 1. The summed E-state index contributed by atoms with van der Waals surface area (Å²) in [5.41, 5.74) is 1.84. The first-order chi connectivity index (χ1) is 29.7. The first kappa shape index (κ1) is 42.4. The first-order valence-corrected chi connectivity index (χ1v) is 19.5. The number of carboxylic acids is 1. The maximum absolute atomic E-state index is 13.2. The molecular formula is C45H45N5O11. The number of aliphatic carboxylic acids is 1. The van der Waals surface area contributed by atoms with Gasteiger partial charge >= 0.3 is 11.9 Å². The van der Waals surface area contributed by atoms with Gasteiger partial charge in [0.15, 0.2) is 23.2 Å². The van der Waals surface area contributed by atoms with Crippen molar-refractivity contribution in [2.24, 2.45) is 0 Å². The third kappa shape index (κ3) is 9.37. The number of fused-ring (bicyclic) bond motifs is 1. The molecule has 316 valence electrons. The van der Waals surface area contributed by atoms with Crippen LogP contribution in [0.4, 0.5) is 5.82 Å². The molecule has 1 saturated heterocycles. The zero-order valence-corrected chi connectivity index (χ0v) is 33.7. The van der Waals surface area contributed by atoms with Gasteiger partial charge in [-0.1, -0.05) is 72.8 Å². The van der Waals surface area contributed by atoms with Gasteiger partial charge < -0.3 is 43.6 Å². The number of carboxylic acid groups (broad SMARTS) is 1. The van der Waals surface area contributed by atoms with E-state index in [1.807, 2.05) is 84.9 Å². The zero-order chi connectivity index (χ0) is 42.8. The molecule has 2 N–H and O–H groups in total. The number of imidazole rings is 1. The van der Waals surface area contributed by atoms with Gasteiger partial charge in [0.05, 0.1) is 46.6 Å². The molecule has 61 heavy (non-hydrogen) atoms. The number of anilines is 1. The molecule has 16 heteroatoms. The summed E-state index contributed by atoms with van der Waals surface area (Å²) in [7, 11) is 4.73.